The molecule has 0 N–H and O–H groups in total. The summed E-state index contributed by atoms with van der Waals surface area (Å²) in [4.78, 5) is 22.9. The lowest BCUT2D eigenvalue weighted by molar-refractivity contribution is -0.143. The van der Waals surface area contributed by atoms with Gasteiger partial charge in [0.25, 0.3) is 0 Å². The molecule has 20 heavy (non-hydrogen) atoms. The number of hydrogen-bond acceptors (Lipinski definition) is 3. The van der Waals surface area contributed by atoms with Gasteiger partial charge in [-0.05, 0) is 19.8 Å². The Morgan fingerprint density at radius 2 is 1.50 bits per heavy atom. The molecule has 0 heterocycles. The molecular weight excluding hydrogens is 252 g/mol. The molecule has 0 amide bonds. The average molecular weight is 276 g/mol. The van der Waals surface area contributed by atoms with Crippen molar-refractivity contribution in [2.24, 2.45) is 0 Å². The zero-order valence-electron chi connectivity index (χ0n) is 12.3. The summed E-state index contributed by atoms with van der Waals surface area (Å²) in [6.07, 6.45) is 6.07. The second kappa shape index (κ2) is 10.2. The molecule has 0 atom stereocenters. The van der Waals surface area contributed by atoms with Crippen molar-refractivity contribution in [3.8, 4) is 0 Å². The fourth-order valence-electron chi connectivity index (χ4n) is 2.09. The van der Waals surface area contributed by atoms with Crippen molar-refractivity contribution in [1.29, 1.82) is 0 Å². The average Bonchev–Trinajstić information content (AvgIpc) is 2.47. The molecule has 0 aliphatic carbocycles. The van der Waals surface area contributed by atoms with Gasteiger partial charge < -0.3 is 4.74 Å². The molecule has 0 bridgehead atoms. The number of ether oxygens (including phenoxy) is 1. The van der Waals surface area contributed by atoms with Gasteiger partial charge >= 0.3 is 5.97 Å². The molecule has 110 valence electrons. The molecule has 1 aromatic carbocycles. The van der Waals surface area contributed by atoms with E-state index in [2.05, 4.69) is 0 Å². The first-order chi connectivity index (χ1) is 9.74. The van der Waals surface area contributed by atoms with Gasteiger partial charge in [-0.1, -0.05) is 49.6 Å². The summed E-state index contributed by atoms with van der Waals surface area (Å²) in [6.45, 7) is 2.28. The fourth-order valence-corrected chi connectivity index (χ4v) is 2.09. The second-order valence-corrected chi connectivity index (χ2v) is 4.86. The maximum atomic E-state index is 11.8. The van der Waals surface area contributed by atoms with E-state index in [-0.39, 0.29) is 11.8 Å². The van der Waals surface area contributed by atoms with Crippen LogP contribution < -0.4 is 0 Å². The quantitative estimate of drug-likeness (QED) is 0.366. The van der Waals surface area contributed by atoms with Gasteiger partial charge in [-0.2, -0.15) is 0 Å². The smallest absolute Gasteiger partial charge is 0.305 e. The number of rotatable bonds is 10. The largest absolute Gasteiger partial charge is 0.466 e. The molecule has 0 saturated heterocycles. The third-order valence-corrected chi connectivity index (χ3v) is 3.19. The minimum absolute atomic E-state index is 0.105. The van der Waals surface area contributed by atoms with Crippen molar-refractivity contribution in [1.82, 2.24) is 0 Å². The molecule has 0 aliphatic heterocycles. The van der Waals surface area contributed by atoms with Crippen LogP contribution >= 0.6 is 0 Å². The number of unbranched alkanes of at least 4 members (excludes halogenated alkanes) is 4. The van der Waals surface area contributed by atoms with Crippen molar-refractivity contribution in [3.05, 3.63) is 35.9 Å². The van der Waals surface area contributed by atoms with Crippen LogP contribution in [0.4, 0.5) is 0 Å². The van der Waals surface area contributed by atoms with Gasteiger partial charge in [-0.25, -0.2) is 0 Å². The third-order valence-electron chi connectivity index (χ3n) is 3.19. The SMILES string of the molecule is CCOC(=O)CCCCCCCC(=O)c1ccccc1. The van der Waals surface area contributed by atoms with Crippen LogP contribution in [0.15, 0.2) is 30.3 Å². The summed E-state index contributed by atoms with van der Waals surface area (Å²) in [6, 6.07) is 9.43. The van der Waals surface area contributed by atoms with Gasteiger partial charge in [0.15, 0.2) is 5.78 Å². The monoisotopic (exact) mass is 276 g/mol. The molecule has 0 aromatic heterocycles. The first-order valence-electron chi connectivity index (χ1n) is 7.48. The lowest BCUT2D eigenvalue weighted by Gasteiger charge is -2.03. The number of hydrogen-bond donors (Lipinski definition) is 0. The molecule has 0 aliphatic rings. The second-order valence-electron chi connectivity index (χ2n) is 4.86. The number of carbonyl (C=O) groups excluding carboxylic acids is 2. The summed E-state index contributed by atoms with van der Waals surface area (Å²) < 4.78 is 4.87. The fraction of sp³-hybridized carbons (Fsp3) is 0.529. The van der Waals surface area contributed by atoms with Crippen LogP contribution in [0, 0.1) is 0 Å². The van der Waals surface area contributed by atoms with Crippen LogP contribution in [0.25, 0.3) is 0 Å². The minimum Gasteiger partial charge on any atom is -0.466 e. The van der Waals surface area contributed by atoms with E-state index in [1.165, 1.54) is 0 Å². The van der Waals surface area contributed by atoms with Gasteiger partial charge in [0.1, 0.15) is 0 Å². The maximum Gasteiger partial charge on any atom is 0.305 e. The molecule has 3 heteroatoms. The zero-order valence-corrected chi connectivity index (χ0v) is 12.3. The van der Waals surface area contributed by atoms with E-state index in [1.54, 1.807) is 0 Å². The number of Topliss-reactive ketones (excluding diaryl/α,β-unsaturated/α-hetero) is 1. The van der Waals surface area contributed by atoms with Gasteiger partial charge in [0.2, 0.25) is 0 Å². The zero-order chi connectivity index (χ0) is 14.6. The highest BCUT2D eigenvalue weighted by Gasteiger charge is 2.04. The molecule has 0 spiro atoms. The molecular formula is C17H24O3. The van der Waals surface area contributed by atoms with E-state index < -0.39 is 0 Å². The number of benzene rings is 1. The first-order valence-corrected chi connectivity index (χ1v) is 7.48. The van der Waals surface area contributed by atoms with Crippen LogP contribution in [-0.4, -0.2) is 18.4 Å². The lowest BCUT2D eigenvalue weighted by Crippen LogP contribution is -2.03. The van der Waals surface area contributed by atoms with E-state index in [1.807, 2.05) is 37.3 Å². The van der Waals surface area contributed by atoms with E-state index >= 15 is 0 Å². The van der Waals surface area contributed by atoms with Gasteiger partial charge in [-0.15, -0.1) is 0 Å². The Bertz CT molecular complexity index is 398. The molecule has 3 nitrogen and oxygen atoms in total. The normalized spacial score (nSPS) is 10.2. The van der Waals surface area contributed by atoms with E-state index in [0.29, 0.717) is 19.4 Å². The Hall–Kier alpha value is -1.64. The van der Waals surface area contributed by atoms with Crippen LogP contribution in [-0.2, 0) is 9.53 Å². The maximum absolute atomic E-state index is 11.8. The first kappa shape index (κ1) is 16.4. The van der Waals surface area contributed by atoms with Gasteiger partial charge in [0, 0.05) is 18.4 Å². The van der Waals surface area contributed by atoms with Crippen molar-refractivity contribution in [3.63, 3.8) is 0 Å². The van der Waals surface area contributed by atoms with Crippen LogP contribution in [0.3, 0.4) is 0 Å². The van der Waals surface area contributed by atoms with E-state index in [0.717, 1.165) is 37.7 Å². The van der Waals surface area contributed by atoms with Crippen LogP contribution in [0.2, 0.25) is 0 Å². The van der Waals surface area contributed by atoms with Gasteiger partial charge in [-0.3, -0.25) is 9.59 Å². The lowest BCUT2D eigenvalue weighted by atomic mass is 10.0. The molecule has 0 saturated carbocycles. The molecule has 0 fully saturated rings. The number of carbonyl (C=O) groups is 2. The predicted molar refractivity (Wildman–Crippen MR) is 79.7 cm³/mol. The topological polar surface area (TPSA) is 43.4 Å². The number of esters is 1. The Morgan fingerprint density at radius 3 is 2.15 bits per heavy atom. The predicted octanol–water partition coefficient (Wildman–Crippen LogP) is 4.16. The van der Waals surface area contributed by atoms with E-state index in [4.69, 9.17) is 4.74 Å². The number of ketones is 1. The Labute approximate surface area is 121 Å². The summed E-state index contributed by atoms with van der Waals surface area (Å²) in [7, 11) is 0. The highest BCUT2D eigenvalue weighted by molar-refractivity contribution is 5.95. The summed E-state index contributed by atoms with van der Waals surface area (Å²) >= 11 is 0. The summed E-state index contributed by atoms with van der Waals surface area (Å²) in [5.74, 6) is 0.115. The van der Waals surface area contributed by atoms with Crippen molar-refractivity contribution < 1.29 is 14.3 Å². The van der Waals surface area contributed by atoms with Gasteiger partial charge in [0.05, 0.1) is 6.61 Å². The van der Waals surface area contributed by atoms with Crippen molar-refractivity contribution >= 4 is 11.8 Å². The Kier molecular flexibility index (Phi) is 8.36. The van der Waals surface area contributed by atoms with Crippen LogP contribution in [0.1, 0.15) is 62.2 Å². The van der Waals surface area contributed by atoms with Crippen molar-refractivity contribution in [2.75, 3.05) is 6.61 Å². The molecule has 0 radical (unpaired) electrons. The Morgan fingerprint density at radius 1 is 0.900 bits per heavy atom. The summed E-state index contributed by atoms with van der Waals surface area (Å²) in [5, 5.41) is 0. The minimum atomic E-state index is -0.105. The Balaban J connectivity index is 2.00. The molecule has 0 unspecified atom stereocenters. The highest BCUT2D eigenvalue weighted by atomic mass is 16.5. The standard InChI is InChI=1S/C17H24O3/c1-2-20-17(19)14-10-5-3-4-9-13-16(18)15-11-7-6-8-12-15/h6-8,11-12H,2-5,9-10,13-14H2,1H3. The van der Waals surface area contributed by atoms with Crippen LogP contribution in [0.5, 0.6) is 0 Å². The third kappa shape index (κ3) is 7.07. The summed E-state index contributed by atoms with van der Waals surface area (Å²) in [5.41, 5.74) is 0.801. The van der Waals surface area contributed by atoms with Crippen molar-refractivity contribution in [2.45, 2.75) is 51.9 Å². The molecule has 1 aromatic rings. The highest BCUT2D eigenvalue weighted by Crippen LogP contribution is 2.11. The van der Waals surface area contributed by atoms with E-state index in [9.17, 15) is 9.59 Å². The molecule has 1 rings (SSSR count).